The molecule has 0 fully saturated rings. The van der Waals surface area contributed by atoms with Crippen LogP contribution >= 0.6 is 30.3 Å². The first-order valence-electron chi connectivity index (χ1n) is 5.70. The van der Waals surface area contributed by atoms with Crippen LogP contribution in [0.1, 0.15) is 12.8 Å². The zero-order chi connectivity index (χ0) is 12.8. The summed E-state index contributed by atoms with van der Waals surface area (Å²) in [6.07, 6.45) is 1.89. The number of hydrogen-bond acceptors (Lipinski definition) is 2. The molecule has 0 heterocycles. The van der Waals surface area contributed by atoms with Gasteiger partial charge in [-0.15, -0.1) is 0 Å². The number of benzene rings is 1. The van der Waals surface area contributed by atoms with Gasteiger partial charge < -0.3 is 0 Å². The Labute approximate surface area is 113 Å². The van der Waals surface area contributed by atoms with Gasteiger partial charge in [-0.05, 0) is 0 Å². The molecule has 98 valence electrons. The minimum absolute atomic E-state index is 0.343. The average Bonchev–Trinajstić information content (AvgIpc) is 2.36. The van der Waals surface area contributed by atoms with Gasteiger partial charge in [0.05, 0.1) is 0 Å². The number of hydrogen-bond donors (Lipinski definition) is 2. The van der Waals surface area contributed by atoms with Crippen molar-refractivity contribution < 1.29 is 9.79 Å². The third-order valence-corrected chi connectivity index (χ3v) is 7.41. The molecule has 0 aliphatic rings. The van der Waals surface area contributed by atoms with Crippen LogP contribution < -0.4 is 5.30 Å². The van der Waals surface area contributed by atoms with E-state index in [1.54, 1.807) is 12.1 Å². The van der Waals surface area contributed by atoms with Gasteiger partial charge in [0.15, 0.2) is 0 Å². The maximum absolute atomic E-state index is 10.8. The van der Waals surface area contributed by atoms with Crippen molar-refractivity contribution >= 4 is 35.6 Å². The normalized spacial score (nSPS) is 14.2. The first kappa shape index (κ1) is 15.2. The Morgan fingerprint density at radius 3 is 1.76 bits per heavy atom. The molecular formula is C12H19Cl2O2P. The van der Waals surface area contributed by atoms with Crippen molar-refractivity contribution in [3.8, 4) is 0 Å². The maximum atomic E-state index is 10.8. The summed E-state index contributed by atoms with van der Waals surface area (Å²) in [6, 6.07) is 9.07. The Kier molecular flexibility index (Phi) is 5.69. The second-order valence-electron chi connectivity index (χ2n) is 4.26. The molecule has 0 bridgehead atoms. The average molecular weight is 297 g/mol. The molecule has 0 unspecified atom stereocenters. The number of alkyl halides is 2. The fourth-order valence-corrected chi connectivity index (χ4v) is 5.81. The van der Waals surface area contributed by atoms with Gasteiger partial charge in [0.1, 0.15) is 0 Å². The Hall–Kier alpha value is 0.150. The number of halogens is 2. The van der Waals surface area contributed by atoms with Crippen LogP contribution in [0.15, 0.2) is 30.3 Å². The summed E-state index contributed by atoms with van der Waals surface area (Å²) in [6.45, 7) is 0. The van der Waals surface area contributed by atoms with Crippen molar-refractivity contribution in [3.05, 3.63) is 30.3 Å². The molecule has 0 atom stereocenters. The first-order chi connectivity index (χ1) is 8.02. The van der Waals surface area contributed by atoms with Crippen molar-refractivity contribution in [1.82, 2.24) is 0 Å². The van der Waals surface area contributed by atoms with Crippen LogP contribution in [0, 0.1) is 0 Å². The SMILES string of the molecule is OP(O)(CCCCl)(CCCCl)c1ccccc1. The summed E-state index contributed by atoms with van der Waals surface area (Å²) in [5.74, 6) is 0.874. The van der Waals surface area contributed by atoms with Crippen molar-refractivity contribution in [3.63, 3.8) is 0 Å². The van der Waals surface area contributed by atoms with E-state index < -0.39 is 7.06 Å². The van der Waals surface area contributed by atoms with E-state index in [4.69, 9.17) is 23.2 Å². The molecule has 0 saturated heterocycles. The monoisotopic (exact) mass is 296 g/mol. The fourth-order valence-electron chi connectivity index (χ4n) is 1.93. The third kappa shape index (κ3) is 4.08. The molecule has 0 aliphatic carbocycles. The zero-order valence-corrected chi connectivity index (χ0v) is 12.1. The van der Waals surface area contributed by atoms with Gasteiger partial charge in [-0.2, -0.15) is 0 Å². The molecule has 0 radical (unpaired) electrons. The van der Waals surface area contributed by atoms with Crippen LogP contribution in [0.25, 0.3) is 0 Å². The molecule has 2 nitrogen and oxygen atoms in total. The molecule has 0 aliphatic heterocycles. The van der Waals surface area contributed by atoms with Crippen molar-refractivity contribution in [2.24, 2.45) is 0 Å². The van der Waals surface area contributed by atoms with Crippen LogP contribution in [0.5, 0.6) is 0 Å². The van der Waals surface area contributed by atoms with Crippen LogP contribution in [-0.4, -0.2) is 33.9 Å². The predicted molar refractivity (Wildman–Crippen MR) is 77.8 cm³/mol. The van der Waals surface area contributed by atoms with Crippen molar-refractivity contribution in [1.29, 1.82) is 0 Å². The molecular weight excluding hydrogens is 278 g/mol. The van der Waals surface area contributed by atoms with Gasteiger partial charge >= 0.3 is 113 Å². The zero-order valence-electron chi connectivity index (χ0n) is 9.73. The standard InChI is InChI=1S/C12H19Cl2O2P/c13-8-4-10-17(15,16,11-5-9-14)12-6-2-1-3-7-12/h1-3,6-7,15-16H,4-5,8-11H2. The van der Waals surface area contributed by atoms with Crippen molar-refractivity contribution in [2.75, 3.05) is 24.1 Å². The second kappa shape index (κ2) is 6.36. The molecule has 1 rings (SSSR count). The van der Waals surface area contributed by atoms with E-state index in [1.807, 2.05) is 18.2 Å². The summed E-state index contributed by atoms with van der Waals surface area (Å²) in [5.41, 5.74) is 0. The van der Waals surface area contributed by atoms with Gasteiger partial charge in [-0.25, -0.2) is 0 Å². The molecule has 5 heteroatoms. The van der Waals surface area contributed by atoms with Crippen LogP contribution in [0.2, 0.25) is 0 Å². The van der Waals surface area contributed by atoms with Gasteiger partial charge in [-0.3, -0.25) is 0 Å². The Morgan fingerprint density at radius 1 is 0.882 bits per heavy atom. The Morgan fingerprint density at radius 2 is 1.35 bits per heavy atom. The van der Waals surface area contributed by atoms with Crippen LogP contribution in [0.4, 0.5) is 0 Å². The van der Waals surface area contributed by atoms with Gasteiger partial charge in [0.2, 0.25) is 0 Å². The molecule has 1 aromatic rings. The molecule has 1 aromatic carbocycles. The van der Waals surface area contributed by atoms with Crippen LogP contribution in [0.3, 0.4) is 0 Å². The van der Waals surface area contributed by atoms with Crippen LogP contribution in [-0.2, 0) is 0 Å². The van der Waals surface area contributed by atoms with E-state index in [1.165, 1.54) is 0 Å². The van der Waals surface area contributed by atoms with E-state index in [0.29, 0.717) is 42.2 Å². The minimum atomic E-state index is -3.82. The molecule has 2 N–H and O–H groups in total. The summed E-state index contributed by atoms with van der Waals surface area (Å²) in [5, 5.41) is 0.633. The second-order valence-corrected chi connectivity index (χ2v) is 9.22. The third-order valence-electron chi connectivity index (χ3n) is 2.88. The summed E-state index contributed by atoms with van der Waals surface area (Å²) in [4.78, 5) is 21.6. The van der Waals surface area contributed by atoms with E-state index in [0.717, 1.165) is 0 Å². The Balaban J connectivity index is 3.00. The van der Waals surface area contributed by atoms with E-state index in [2.05, 4.69) is 0 Å². The molecule has 17 heavy (non-hydrogen) atoms. The topological polar surface area (TPSA) is 40.5 Å². The Bertz CT molecular complexity index is 332. The molecule has 0 aromatic heterocycles. The molecule has 0 amide bonds. The summed E-state index contributed by atoms with van der Waals surface area (Å²) >= 11 is 11.3. The van der Waals surface area contributed by atoms with E-state index in [9.17, 15) is 9.79 Å². The van der Waals surface area contributed by atoms with Gasteiger partial charge in [-0.1, -0.05) is 0 Å². The molecule has 0 saturated carbocycles. The van der Waals surface area contributed by atoms with Gasteiger partial charge in [0.25, 0.3) is 0 Å². The first-order valence-corrected chi connectivity index (χ1v) is 9.28. The number of rotatable bonds is 7. The van der Waals surface area contributed by atoms with Crippen molar-refractivity contribution in [2.45, 2.75) is 12.8 Å². The summed E-state index contributed by atoms with van der Waals surface area (Å²) in [7, 11) is -3.82. The predicted octanol–water partition coefficient (Wildman–Crippen LogP) is 2.94. The van der Waals surface area contributed by atoms with E-state index in [-0.39, 0.29) is 0 Å². The summed E-state index contributed by atoms with van der Waals surface area (Å²) < 4.78 is 0. The van der Waals surface area contributed by atoms with E-state index >= 15 is 0 Å². The fraction of sp³-hybridized carbons (Fsp3) is 0.500. The quantitative estimate of drug-likeness (QED) is 0.600. The molecule has 0 spiro atoms. The van der Waals surface area contributed by atoms with Gasteiger partial charge in [0, 0.05) is 0 Å².